The van der Waals surface area contributed by atoms with Crippen LogP contribution in [0.25, 0.3) is 27.6 Å². The second kappa shape index (κ2) is 6.02. The lowest BCUT2D eigenvalue weighted by Crippen LogP contribution is -2.07. The number of nitrogens with zero attached hydrogens (tertiary/aromatic N) is 3. The predicted octanol–water partition coefficient (Wildman–Crippen LogP) is 3.60. The number of hydrogen-bond acceptors (Lipinski definition) is 4. The van der Waals surface area contributed by atoms with Crippen molar-refractivity contribution in [1.82, 2.24) is 14.5 Å². The Morgan fingerprint density at radius 1 is 1.04 bits per heavy atom. The molecule has 25 heavy (non-hydrogen) atoms. The molecule has 0 radical (unpaired) electrons. The Labute approximate surface area is 144 Å². The fourth-order valence-electron chi connectivity index (χ4n) is 3.32. The van der Waals surface area contributed by atoms with Gasteiger partial charge in [-0.05, 0) is 30.7 Å². The van der Waals surface area contributed by atoms with Crippen molar-refractivity contribution in [3.8, 4) is 5.82 Å². The van der Waals surface area contributed by atoms with Gasteiger partial charge in [0.25, 0.3) is 0 Å². The van der Waals surface area contributed by atoms with Crippen molar-refractivity contribution in [2.24, 2.45) is 0 Å². The summed E-state index contributed by atoms with van der Waals surface area (Å²) in [6.07, 6.45) is 1.81. The van der Waals surface area contributed by atoms with E-state index in [1.165, 1.54) is 7.11 Å². The molecule has 0 aliphatic heterocycles. The Kier molecular flexibility index (Phi) is 3.69. The molecular formula is C20H17N3O2. The van der Waals surface area contributed by atoms with Crippen molar-refractivity contribution in [3.05, 3.63) is 66.1 Å². The van der Waals surface area contributed by atoms with Gasteiger partial charge in [-0.3, -0.25) is 9.36 Å². The van der Waals surface area contributed by atoms with Crippen LogP contribution in [0.5, 0.6) is 0 Å². The molecule has 0 aliphatic rings. The fraction of sp³-hybridized carbons (Fsp3) is 0.150. The molecule has 5 heteroatoms. The van der Waals surface area contributed by atoms with Crippen molar-refractivity contribution in [1.29, 1.82) is 0 Å². The Morgan fingerprint density at radius 2 is 1.76 bits per heavy atom. The van der Waals surface area contributed by atoms with E-state index in [1.807, 2.05) is 55.5 Å². The standard InChI is InChI=1S/C20H17N3O2/c1-13-16(11-19(24)25-2)14-7-4-6-10-18(14)23(13)20-15-8-3-5-9-17(15)21-12-22-20/h3-10,12H,11H2,1-2H3. The summed E-state index contributed by atoms with van der Waals surface area (Å²) in [4.78, 5) is 20.8. The number of rotatable bonds is 3. The zero-order valence-electron chi connectivity index (χ0n) is 14.1. The number of methoxy groups -OCH3 is 1. The van der Waals surface area contributed by atoms with E-state index in [0.29, 0.717) is 0 Å². The fourth-order valence-corrected chi connectivity index (χ4v) is 3.32. The predicted molar refractivity (Wildman–Crippen MR) is 96.8 cm³/mol. The first-order valence-electron chi connectivity index (χ1n) is 8.06. The molecule has 0 saturated carbocycles. The molecule has 0 unspecified atom stereocenters. The second-order valence-corrected chi connectivity index (χ2v) is 5.88. The summed E-state index contributed by atoms with van der Waals surface area (Å²) in [5, 5.41) is 2.01. The number of carbonyl (C=O) groups is 1. The molecule has 2 heterocycles. The maximum absolute atomic E-state index is 11.9. The molecule has 4 rings (SSSR count). The number of fused-ring (bicyclic) bond motifs is 2. The molecule has 4 aromatic rings. The summed E-state index contributed by atoms with van der Waals surface area (Å²) >= 11 is 0. The van der Waals surface area contributed by atoms with Crippen LogP contribution in [0.4, 0.5) is 0 Å². The van der Waals surface area contributed by atoms with E-state index in [-0.39, 0.29) is 12.4 Å². The largest absolute Gasteiger partial charge is 0.469 e. The highest BCUT2D eigenvalue weighted by Gasteiger charge is 2.19. The lowest BCUT2D eigenvalue weighted by atomic mass is 10.1. The summed E-state index contributed by atoms with van der Waals surface area (Å²) in [6.45, 7) is 2.01. The molecule has 0 aliphatic carbocycles. The van der Waals surface area contributed by atoms with Crippen LogP contribution in [0.3, 0.4) is 0 Å². The van der Waals surface area contributed by atoms with Crippen LogP contribution in [0, 0.1) is 6.92 Å². The van der Waals surface area contributed by atoms with E-state index in [1.54, 1.807) is 6.33 Å². The zero-order chi connectivity index (χ0) is 17.4. The highest BCUT2D eigenvalue weighted by atomic mass is 16.5. The molecule has 0 saturated heterocycles. The van der Waals surface area contributed by atoms with E-state index in [2.05, 4.69) is 14.5 Å². The minimum atomic E-state index is -0.251. The van der Waals surface area contributed by atoms with Crippen LogP contribution in [0.2, 0.25) is 0 Å². The quantitative estimate of drug-likeness (QED) is 0.538. The van der Waals surface area contributed by atoms with Gasteiger partial charge in [-0.1, -0.05) is 30.3 Å². The van der Waals surface area contributed by atoms with Crippen LogP contribution in [0.15, 0.2) is 54.9 Å². The SMILES string of the molecule is COC(=O)Cc1c(C)n(-c2ncnc3ccccc23)c2ccccc12. The van der Waals surface area contributed by atoms with Crippen LogP contribution in [0.1, 0.15) is 11.3 Å². The average Bonchev–Trinajstić information content (AvgIpc) is 2.93. The van der Waals surface area contributed by atoms with Gasteiger partial charge in [-0.2, -0.15) is 0 Å². The van der Waals surface area contributed by atoms with Gasteiger partial charge in [0.05, 0.1) is 24.6 Å². The van der Waals surface area contributed by atoms with Gasteiger partial charge in [0.15, 0.2) is 0 Å². The number of ether oxygens (including phenoxy) is 1. The Morgan fingerprint density at radius 3 is 2.56 bits per heavy atom. The minimum Gasteiger partial charge on any atom is -0.469 e. The molecule has 0 fully saturated rings. The van der Waals surface area contributed by atoms with Gasteiger partial charge in [-0.25, -0.2) is 9.97 Å². The Balaban J connectivity index is 2.05. The van der Waals surface area contributed by atoms with Gasteiger partial charge in [0, 0.05) is 16.5 Å². The van der Waals surface area contributed by atoms with Gasteiger partial charge >= 0.3 is 5.97 Å². The number of para-hydroxylation sites is 2. The van der Waals surface area contributed by atoms with E-state index in [9.17, 15) is 4.79 Å². The number of benzene rings is 2. The normalized spacial score (nSPS) is 11.1. The van der Waals surface area contributed by atoms with Crippen LogP contribution in [-0.4, -0.2) is 27.6 Å². The summed E-state index contributed by atoms with van der Waals surface area (Å²) < 4.78 is 6.96. The molecule has 0 spiro atoms. The zero-order valence-corrected chi connectivity index (χ0v) is 14.1. The number of esters is 1. The second-order valence-electron chi connectivity index (χ2n) is 5.88. The van der Waals surface area contributed by atoms with Crippen molar-refractivity contribution >= 4 is 27.8 Å². The summed E-state index contributed by atoms with van der Waals surface area (Å²) in [7, 11) is 1.41. The van der Waals surface area contributed by atoms with Crippen molar-refractivity contribution in [3.63, 3.8) is 0 Å². The highest BCUT2D eigenvalue weighted by molar-refractivity contribution is 5.93. The van der Waals surface area contributed by atoms with Crippen LogP contribution >= 0.6 is 0 Å². The summed E-state index contributed by atoms with van der Waals surface area (Å²) in [5.74, 6) is 0.564. The third-order valence-corrected chi connectivity index (χ3v) is 4.52. The first-order chi connectivity index (χ1) is 12.2. The number of aromatic nitrogens is 3. The summed E-state index contributed by atoms with van der Waals surface area (Å²) in [5.41, 5.74) is 3.85. The molecular weight excluding hydrogens is 314 g/mol. The Bertz CT molecular complexity index is 1090. The molecule has 0 N–H and O–H groups in total. The number of hydrogen-bond donors (Lipinski definition) is 0. The van der Waals surface area contributed by atoms with Gasteiger partial charge in [0.1, 0.15) is 12.1 Å². The lowest BCUT2D eigenvalue weighted by Gasteiger charge is -2.10. The maximum atomic E-state index is 11.9. The average molecular weight is 331 g/mol. The van der Waals surface area contributed by atoms with E-state index >= 15 is 0 Å². The van der Waals surface area contributed by atoms with Crippen LogP contribution < -0.4 is 0 Å². The summed E-state index contributed by atoms with van der Waals surface area (Å²) in [6, 6.07) is 16.0. The first-order valence-corrected chi connectivity index (χ1v) is 8.06. The Hall–Kier alpha value is -3.21. The van der Waals surface area contributed by atoms with Crippen molar-refractivity contribution in [2.75, 3.05) is 7.11 Å². The molecule has 124 valence electrons. The molecule has 0 amide bonds. The smallest absolute Gasteiger partial charge is 0.310 e. The van der Waals surface area contributed by atoms with E-state index in [0.717, 1.165) is 38.9 Å². The number of carbonyl (C=O) groups excluding carboxylic acids is 1. The van der Waals surface area contributed by atoms with Gasteiger partial charge in [0.2, 0.25) is 0 Å². The minimum absolute atomic E-state index is 0.235. The topological polar surface area (TPSA) is 57.0 Å². The van der Waals surface area contributed by atoms with Crippen molar-refractivity contribution in [2.45, 2.75) is 13.3 Å². The third kappa shape index (κ3) is 2.45. The lowest BCUT2D eigenvalue weighted by molar-refractivity contribution is -0.139. The molecule has 5 nitrogen and oxygen atoms in total. The first kappa shape index (κ1) is 15.3. The monoisotopic (exact) mass is 331 g/mol. The highest BCUT2D eigenvalue weighted by Crippen LogP contribution is 2.31. The van der Waals surface area contributed by atoms with Crippen LogP contribution in [-0.2, 0) is 16.0 Å². The molecule has 0 atom stereocenters. The maximum Gasteiger partial charge on any atom is 0.310 e. The van der Waals surface area contributed by atoms with Gasteiger partial charge in [-0.15, -0.1) is 0 Å². The van der Waals surface area contributed by atoms with Gasteiger partial charge < -0.3 is 4.74 Å². The third-order valence-electron chi connectivity index (χ3n) is 4.52. The van der Waals surface area contributed by atoms with Crippen molar-refractivity contribution < 1.29 is 9.53 Å². The van der Waals surface area contributed by atoms with E-state index in [4.69, 9.17) is 4.74 Å². The molecule has 0 bridgehead atoms. The van der Waals surface area contributed by atoms with E-state index < -0.39 is 0 Å². The molecule has 2 aromatic carbocycles. The molecule has 2 aromatic heterocycles.